The zero-order valence-electron chi connectivity index (χ0n) is 10.1. The van der Waals surface area contributed by atoms with E-state index < -0.39 is 5.97 Å². The average Bonchev–Trinajstić information content (AvgIpc) is 2.33. The molecule has 0 aromatic carbocycles. The van der Waals surface area contributed by atoms with Gasteiger partial charge < -0.3 is 5.11 Å². The van der Waals surface area contributed by atoms with Crippen LogP contribution in [0.2, 0.25) is 0 Å². The third kappa shape index (κ3) is 0.912. The summed E-state index contributed by atoms with van der Waals surface area (Å²) in [5.41, 5.74) is 0. The summed E-state index contributed by atoms with van der Waals surface area (Å²) in [5.74, 6) is 6.19. The van der Waals surface area contributed by atoms with Crippen LogP contribution in [0.1, 0.15) is 32.1 Å². The van der Waals surface area contributed by atoms with E-state index in [1.165, 1.54) is 32.1 Å². The number of carboxylic acids is 1. The van der Waals surface area contributed by atoms with Crippen LogP contribution in [-0.4, -0.2) is 11.1 Å². The van der Waals surface area contributed by atoms with E-state index in [0.29, 0.717) is 11.8 Å². The lowest BCUT2D eigenvalue weighted by Crippen LogP contribution is -2.66. The average molecular weight is 232 g/mol. The Kier molecular flexibility index (Phi) is 1.51. The molecule has 17 heavy (non-hydrogen) atoms. The molecule has 7 saturated carbocycles. The van der Waals surface area contributed by atoms with Gasteiger partial charge in [-0.05, 0) is 79.4 Å². The number of rotatable bonds is 1. The normalized spacial score (nSPS) is 65.5. The highest BCUT2D eigenvalue weighted by molar-refractivity contribution is 5.71. The molecule has 2 nitrogen and oxygen atoms in total. The van der Waals surface area contributed by atoms with E-state index in [9.17, 15) is 9.90 Å². The van der Waals surface area contributed by atoms with Gasteiger partial charge >= 0.3 is 5.97 Å². The van der Waals surface area contributed by atoms with Crippen LogP contribution in [0, 0.1) is 53.3 Å². The summed E-state index contributed by atoms with van der Waals surface area (Å²) in [6, 6.07) is 0. The highest BCUT2D eigenvalue weighted by Crippen LogP contribution is 2.72. The van der Waals surface area contributed by atoms with E-state index in [1.807, 2.05) is 0 Å². The van der Waals surface area contributed by atoms with Crippen molar-refractivity contribution >= 4 is 5.97 Å². The summed E-state index contributed by atoms with van der Waals surface area (Å²) in [7, 11) is 0. The highest BCUT2D eigenvalue weighted by Gasteiger charge is 2.67. The monoisotopic (exact) mass is 232 g/mol. The van der Waals surface area contributed by atoms with Crippen molar-refractivity contribution in [3.05, 3.63) is 0 Å². The van der Waals surface area contributed by atoms with Crippen LogP contribution in [0.3, 0.4) is 0 Å². The van der Waals surface area contributed by atoms with Crippen LogP contribution in [-0.2, 0) is 4.79 Å². The number of aliphatic carboxylic acids is 1. The van der Waals surface area contributed by atoms with Gasteiger partial charge in [-0.15, -0.1) is 0 Å². The van der Waals surface area contributed by atoms with Gasteiger partial charge in [0, 0.05) is 0 Å². The Hall–Kier alpha value is -0.530. The first-order valence-corrected chi connectivity index (χ1v) is 7.47. The first-order chi connectivity index (χ1) is 8.24. The Bertz CT molecular complexity index is 380. The molecule has 0 aliphatic heterocycles. The van der Waals surface area contributed by atoms with E-state index in [2.05, 4.69) is 0 Å². The molecule has 7 rings (SSSR count). The largest absolute Gasteiger partial charge is 0.481 e. The SMILES string of the molecule is O=C(O)C1C2CC3C4CC5CC3C1C(C5)C4C2. The molecule has 7 aliphatic carbocycles. The van der Waals surface area contributed by atoms with Gasteiger partial charge in [-0.2, -0.15) is 0 Å². The lowest BCUT2D eigenvalue weighted by atomic mass is 9.33. The van der Waals surface area contributed by atoms with Crippen molar-refractivity contribution in [2.75, 3.05) is 0 Å². The molecule has 0 amide bonds. The predicted molar refractivity (Wildman–Crippen MR) is 62.1 cm³/mol. The smallest absolute Gasteiger partial charge is 0.307 e. The first kappa shape index (κ1) is 9.41. The minimum absolute atomic E-state index is 0.0394. The molecular weight excluding hydrogens is 212 g/mol. The fourth-order valence-electron chi connectivity index (χ4n) is 7.30. The summed E-state index contributed by atoms with van der Waals surface area (Å²) < 4.78 is 0. The summed E-state index contributed by atoms with van der Waals surface area (Å²) in [6.07, 6.45) is 6.79. The lowest BCUT2D eigenvalue weighted by molar-refractivity contribution is -0.233. The number of hydrogen-bond acceptors (Lipinski definition) is 1. The van der Waals surface area contributed by atoms with Gasteiger partial charge in [0.25, 0.3) is 0 Å². The molecule has 5 unspecified atom stereocenters. The van der Waals surface area contributed by atoms with Crippen molar-refractivity contribution in [2.24, 2.45) is 53.3 Å². The molecule has 2 heteroatoms. The molecule has 1 N–H and O–H groups in total. The van der Waals surface area contributed by atoms with Crippen molar-refractivity contribution < 1.29 is 9.90 Å². The molecular formula is C15H20O2. The topological polar surface area (TPSA) is 37.3 Å². The molecule has 0 spiro atoms. The molecule has 0 heterocycles. The molecule has 5 atom stereocenters. The fourth-order valence-corrected chi connectivity index (χ4v) is 7.30. The molecule has 0 aromatic rings. The van der Waals surface area contributed by atoms with Gasteiger partial charge in [-0.25, -0.2) is 0 Å². The van der Waals surface area contributed by atoms with E-state index >= 15 is 0 Å². The Morgan fingerprint density at radius 3 is 1.94 bits per heavy atom. The van der Waals surface area contributed by atoms with Gasteiger partial charge in [0.15, 0.2) is 0 Å². The van der Waals surface area contributed by atoms with Crippen LogP contribution in [0.4, 0.5) is 0 Å². The van der Waals surface area contributed by atoms with Crippen molar-refractivity contribution in [3.8, 4) is 0 Å². The van der Waals surface area contributed by atoms with Crippen molar-refractivity contribution in [3.63, 3.8) is 0 Å². The number of hydrogen-bond donors (Lipinski definition) is 1. The predicted octanol–water partition coefficient (Wildman–Crippen LogP) is 2.64. The summed E-state index contributed by atoms with van der Waals surface area (Å²) in [6.45, 7) is 0. The molecule has 0 saturated heterocycles. The molecule has 0 radical (unpaired) electrons. The van der Waals surface area contributed by atoms with E-state index in [1.54, 1.807) is 0 Å². The molecule has 0 aromatic heterocycles. The van der Waals surface area contributed by atoms with Crippen molar-refractivity contribution in [1.29, 1.82) is 0 Å². The van der Waals surface area contributed by atoms with Crippen LogP contribution < -0.4 is 0 Å². The Labute approximate surface area is 102 Å². The van der Waals surface area contributed by atoms with Crippen molar-refractivity contribution in [2.45, 2.75) is 32.1 Å². The summed E-state index contributed by atoms with van der Waals surface area (Å²) in [4.78, 5) is 11.6. The van der Waals surface area contributed by atoms with Gasteiger partial charge in [0.1, 0.15) is 0 Å². The van der Waals surface area contributed by atoms with E-state index in [-0.39, 0.29) is 5.92 Å². The second kappa shape index (κ2) is 2.73. The maximum atomic E-state index is 11.6. The Balaban J connectivity index is 1.65. The fraction of sp³-hybridized carbons (Fsp3) is 0.933. The second-order valence-corrected chi connectivity index (χ2v) is 7.57. The minimum atomic E-state index is -0.468. The van der Waals surface area contributed by atoms with E-state index in [0.717, 1.165) is 35.5 Å². The van der Waals surface area contributed by atoms with Gasteiger partial charge in [-0.1, -0.05) is 0 Å². The van der Waals surface area contributed by atoms with Crippen LogP contribution in [0.25, 0.3) is 0 Å². The van der Waals surface area contributed by atoms with Gasteiger partial charge in [0.2, 0.25) is 0 Å². The molecule has 7 aliphatic rings. The second-order valence-electron chi connectivity index (χ2n) is 7.57. The zero-order chi connectivity index (χ0) is 11.3. The Morgan fingerprint density at radius 1 is 0.824 bits per heavy atom. The zero-order valence-corrected chi connectivity index (χ0v) is 10.1. The summed E-state index contributed by atoms with van der Waals surface area (Å²) in [5, 5.41) is 9.58. The Morgan fingerprint density at radius 2 is 1.35 bits per heavy atom. The third-order valence-corrected chi connectivity index (χ3v) is 7.36. The van der Waals surface area contributed by atoms with Crippen LogP contribution in [0.5, 0.6) is 0 Å². The molecule has 8 bridgehead atoms. The number of carboxylic acid groups (broad SMARTS) is 1. The first-order valence-electron chi connectivity index (χ1n) is 7.47. The maximum absolute atomic E-state index is 11.6. The number of carbonyl (C=O) groups is 1. The van der Waals surface area contributed by atoms with Gasteiger partial charge in [0.05, 0.1) is 5.92 Å². The quantitative estimate of drug-likeness (QED) is 0.754. The highest BCUT2D eigenvalue weighted by atomic mass is 16.4. The van der Waals surface area contributed by atoms with Crippen LogP contribution >= 0.6 is 0 Å². The molecule has 7 fully saturated rings. The van der Waals surface area contributed by atoms with Crippen molar-refractivity contribution in [1.82, 2.24) is 0 Å². The standard InChI is InChI=1S/C15H20O2/c16-15(17)13-7-4-9-8-1-6-2-11(9)14(13)12(3-6)10(8)5-7/h6-14H,1-5H2,(H,16,17). The van der Waals surface area contributed by atoms with E-state index in [4.69, 9.17) is 0 Å². The maximum Gasteiger partial charge on any atom is 0.307 e. The van der Waals surface area contributed by atoms with Crippen LogP contribution in [0.15, 0.2) is 0 Å². The van der Waals surface area contributed by atoms with Gasteiger partial charge in [-0.3, -0.25) is 4.79 Å². The molecule has 92 valence electrons. The third-order valence-electron chi connectivity index (χ3n) is 7.36. The minimum Gasteiger partial charge on any atom is -0.481 e. The lowest BCUT2D eigenvalue weighted by Gasteiger charge is -2.71. The summed E-state index contributed by atoms with van der Waals surface area (Å²) >= 11 is 0.